The molecule has 1 atom stereocenters. The molecule has 1 aromatic carbocycles. The monoisotopic (exact) mass is 252 g/mol. The van der Waals surface area contributed by atoms with Gasteiger partial charge in [-0.15, -0.1) is 0 Å². The molecule has 1 unspecified atom stereocenters. The molecule has 0 amide bonds. The fourth-order valence-corrected chi connectivity index (χ4v) is 3.52. The van der Waals surface area contributed by atoms with Gasteiger partial charge in [0.2, 0.25) is 0 Å². The summed E-state index contributed by atoms with van der Waals surface area (Å²) >= 11 is 0. The molecule has 18 heavy (non-hydrogen) atoms. The lowest BCUT2D eigenvalue weighted by atomic mass is 9.66. The molecule has 1 aromatic rings. The van der Waals surface area contributed by atoms with Gasteiger partial charge in [0.25, 0.3) is 0 Å². The number of fused-ring (bicyclic) bond motifs is 1. The molecule has 0 radical (unpaired) electrons. The first-order valence-corrected chi connectivity index (χ1v) is 6.45. The predicted octanol–water partition coefficient (Wildman–Crippen LogP) is 4.27. The molecule has 1 saturated carbocycles. The van der Waals surface area contributed by atoms with Crippen molar-refractivity contribution in [1.29, 1.82) is 0 Å². The third-order valence-electron chi connectivity index (χ3n) is 4.23. The Labute approximate surface area is 106 Å². The van der Waals surface area contributed by atoms with Crippen molar-refractivity contribution >= 4 is 0 Å². The van der Waals surface area contributed by atoms with E-state index in [0.29, 0.717) is 17.9 Å². The molecule has 0 saturated heterocycles. The van der Waals surface area contributed by atoms with Crippen molar-refractivity contribution in [1.82, 2.24) is 0 Å². The van der Waals surface area contributed by atoms with Crippen LogP contribution >= 0.6 is 0 Å². The highest BCUT2D eigenvalue weighted by molar-refractivity contribution is 5.43. The summed E-state index contributed by atoms with van der Waals surface area (Å²) in [4.78, 5) is 0. The molecule has 1 nitrogen and oxygen atoms in total. The first kappa shape index (κ1) is 11.9. The Morgan fingerprint density at radius 1 is 1.22 bits per heavy atom. The Morgan fingerprint density at radius 3 is 2.44 bits per heavy atom. The van der Waals surface area contributed by atoms with Crippen LogP contribution in [0.4, 0.5) is 8.78 Å². The maximum atomic E-state index is 14.2. The van der Waals surface area contributed by atoms with E-state index < -0.39 is 11.6 Å². The molecule has 0 aromatic heterocycles. The summed E-state index contributed by atoms with van der Waals surface area (Å²) in [5.74, 6) is -0.527. The molecule has 1 spiro atoms. The molecule has 98 valence electrons. The molecule has 1 aliphatic heterocycles. The fraction of sp³-hybridized carbons (Fsp3) is 0.600. The van der Waals surface area contributed by atoms with E-state index in [-0.39, 0.29) is 16.7 Å². The summed E-state index contributed by atoms with van der Waals surface area (Å²) in [6, 6.07) is 2.29. The van der Waals surface area contributed by atoms with Crippen molar-refractivity contribution in [3.63, 3.8) is 0 Å². The molecule has 3 heteroatoms. The normalized spacial score (nSPS) is 24.6. The van der Waals surface area contributed by atoms with Crippen molar-refractivity contribution < 1.29 is 13.5 Å². The van der Waals surface area contributed by atoms with Gasteiger partial charge < -0.3 is 4.74 Å². The summed E-state index contributed by atoms with van der Waals surface area (Å²) in [5.41, 5.74) is 0.602. The van der Waals surface area contributed by atoms with Gasteiger partial charge in [0, 0.05) is 29.0 Å². The average molecular weight is 252 g/mol. The average Bonchev–Trinajstić information content (AvgIpc) is 2.98. The number of halogens is 2. The lowest BCUT2D eigenvalue weighted by molar-refractivity contribution is 0.109. The van der Waals surface area contributed by atoms with Crippen LogP contribution in [0.15, 0.2) is 12.1 Å². The lowest BCUT2D eigenvalue weighted by Crippen LogP contribution is -2.36. The molecule has 3 rings (SSSR count). The minimum absolute atomic E-state index is 0.0479. The van der Waals surface area contributed by atoms with Crippen molar-refractivity contribution in [2.45, 2.75) is 39.5 Å². The highest BCUT2D eigenvalue weighted by atomic mass is 19.1. The van der Waals surface area contributed by atoms with Crippen LogP contribution in [0, 0.1) is 22.5 Å². The summed E-state index contributed by atoms with van der Waals surface area (Å²) in [7, 11) is 0. The number of hydrogen-bond donors (Lipinski definition) is 0. The van der Waals surface area contributed by atoms with Crippen LogP contribution in [0.1, 0.15) is 45.1 Å². The number of rotatable bonds is 0. The predicted molar refractivity (Wildman–Crippen MR) is 65.7 cm³/mol. The quantitative estimate of drug-likeness (QED) is 0.670. The summed E-state index contributed by atoms with van der Waals surface area (Å²) in [6.45, 7) is 6.95. The van der Waals surface area contributed by atoms with Crippen molar-refractivity contribution in [3.05, 3.63) is 29.3 Å². The Kier molecular flexibility index (Phi) is 2.30. The van der Waals surface area contributed by atoms with Gasteiger partial charge in [-0.2, -0.15) is 0 Å². The van der Waals surface area contributed by atoms with Crippen molar-refractivity contribution in [2.75, 3.05) is 6.61 Å². The van der Waals surface area contributed by atoms with Gasteiger partial charge in [0.05, 0.1) is 6.61 Å². The van der Waals surface area contributed by atoms with E-state index in [1.54, 1.807) is 0 Å². The molecule has 1 aliphatic carbocycles. The standard InChI is InChI=1S/C15H18F2O/c1-14(2,3)13-12-10(17)6-9(16)7-11(12)18-8-15(13)4-5-15/h6-7,13H,4-5,8H2,1-3H3. The van der Waals surface area contributed by atoms with Crippen LogP contribution in [-0.2, 0) is 0 Å². The van der Waals surface area contributed by atoms with Gasteiger partial charge in [-0.3, -0.25) is 0 Å². The van der Waals surface area contributed by atoms with Gasteiger partial charge in [-0.25, -0.2) is 8.78 Å². The maximum Gasteiger partial charge on any atom is 0.133 e. The van der Waals surface area contributed by atoms with Crippen molar-refractivity contribution in [3.8, 4) is 5.75 Å². The van der Waals surface area contributed by atoms with Gasteiger partial charge in [0.15, 0.2) is 0 Å². The summed E-state index contributed by atoms with van der Waals surface area (Å²) in [5, 5.41) is 0. The van der Waals surface area contributed by atoms with Gasteiger partial charge in [-0.05, 0) is 18.3 Å². The second-order valence-corrected chi connectivity index (χ2v) is 6.75. The molecule has 0 bridgehead atoms. The fourth-order valence-electron chi connectivity index (χ4n) is 3.52. The number of benzene rings is 1. The van der Waals surface area contributed by atoms with Gasteiger partial charge >= 0.3 is 0 Å². The first-order chi connectivity index (χ1) is 8.33. The van der Waals surface area contributed by atoms with E-state index in [1.807, 2.05) is 0 Å². The van der Waals surface area contributed by atoms with Crippen LogP contribution < -0.4 is 4.74 Å². The maximum absolute atomic E-state index is 14.2. The second-order valence-electron chi connectivity index (χ2n) is 6.75. The molecule has 1 heterocycles. The first-order valence-electron chi connectivity index (χ1n) is 6.45. The van der Waals surface area contributed by atoms with E-state index in [2.05, 4.69) is 20.8 Å². The Hall–Kier alpha value is -1.12. The third-order valence-corrected chi connectivity index (χ3v) is 4.23. The van der Waals surface area contributed by atoms with E-state index in [1.165, 1.54) is 6.07 Å². The largest absolute Gasteiger partial charge is 0.492 e. The van der Waals surface area contributed by atoms with Crippen LogP contribution in [0.3, 0.4) is 0 Å². The number of ether oxygens (including phenoxy) is 1. The molecule has 1 fully saturated rings. The topological polar surface area (TPSA) is 9.23 Å². The SMILES string of the molecule is CC(C)(C)C1c2c(F)cc(F)cc2OCC12CC2. The Morgan fingerprint density at radius 2 is 1.89 bits per heavy atom. The van der Waals surface area contributed by atoms with Crippen LogP contribution in [0.5, 0.6) is 5.75 Å². The third kappa shape index (κ3) is 1.63. The molecule has 2 aliphatic rings. The van der Waals surface area contributed by atoms with Crippen LogP contribution in [0.2, 0.25) is 0 Å². The highest BCUT2D eigenvalue weighted by Crippen LogP contribution is 2.65. The lowest BCUT2D eigenvalue weighted by Gasteiger charge is -2.42. The van der Waals surface area contributed by atoms with Crippen LogP contribution in [0.25, 0.3) is 0 Å². The number of hydrogen-bond acceptors (Lipinski definition) is 1. The zero-order valence-corrected chi connectivity index (χ0v) is 11.0. The molecular formula is C15H18F2O. The highest BCUT2D eigenvalue weighted by Gasteiger charge is 2.58. The Balaban J connectivity index is 2.18. The van der Waals surface area contributed by atoms with Crippen molar-refractivity contribution in [2.24, 2.45) is 10.8 Å². The zero-order valence-electron chi connectivity index (χ0n) is 11.0. The molecular weight excluding hydrogens is 234 g/mol. The Bertz CT molecular complexity index is 498. The molecule has 0 N–H and O–H groups in total. The zero-order chi connectivity index (χ0) is 13.1. The van der Waals surface area contributed by atoms with E-state index in [9.17, 15) is 8.78 Å². The minimum Gasteiger partial charge on any atom is -0.492 e. The van der Waals surface area contributed by atoms with Gasteiger partial charge in [0.1, 0.15) is 17.4 Å². The minimum atomic E-state index is -0.564. The smallest absolute Gasteiger partial charge is 0.133 e. The summed E-state index contributed by atoms with van der Waals surface area (Å²) < 4.78 is 33.0. The summed E-state index contributed by atoms with van der Waals surface area (Å²) in [6.07, 6.45) is 2.15. The van der Waals surface area contributed by atoms with Crippen LogP contribution in [-0.4, -0.2) is 6.61 Å². The van der Waals surface area contributed by atoms with E-state index >= 15 is 0 Å². The van der Waals surface area contributed by atoms with Gasteiger partial charge in [-0.1, -0.05) is 20.8 Å². The van der Waals surface area contributed by atoms with E-state index in [0.717, 1.165) is 18.9 Å². The van der Waals surface area contributed by atoms with E-state index in [4.69, 9.17) is 4.74 Å². The second kappa shape index (κ2) is 3.46.